The van der Waals surface area contributed by atoms with E-state index in [0.29, 0.717) is 0 Å². The number of nitriles is 1. The van der Waals surface area contributed by atoms with Crippen LogP contribution in [0.3, 0.4) is 0 Å². The van der Waals surface area contributed by atoms with Crippen LogP contribution in [0.2, 0.25) is 12.6 Å². The molecule has 0 aromatic carbocycles. The molecular weight excluding hydrogens is 90.1 g/mol. The van der Waals surface area contributed by atoms with E-state index in [4.69, 9.17) is 5.26 Å². The average molecular weight is 99.2 g/mol. The van der Waals surface area contributed by atoms with Crippen LogP contribution in [0.1, 0.15) is 6.42 Å². The molecule has 0 aliphatic carbocycles. The first kappa shape index (κ1) is 5.71. The highest BCUT2D eigenvalue weighted by molar-refractivity contribution is 6.33. The Morgan fingerprint density at radius 2 is 2.50 bits per heavy atom. The lowest BCUT2D eigenvalue weighted by molar-refractivity contribution is 1.20. The zero-order chi connectivity index (χ0) is 4.83. The first-order chi connectivity index (χ1) is 2.91. The third-order valence-corrected chi connectivity index (χ3v) is 1.70. The summed E-state index contributed by atoms with van der Waals surface area (Å²) in [4.78, 5) is 0. The molecular formula is C4H9NSi. The van der Waals surface area contributed by atoms with Crippen molar-refractivity contribution in [3.05, 3.63) is 0 Å². The van der Waals surface area contributed by atoms with E-state index in [1.807, 2.05) is 0 Å². The summed E-state index contributed by atoms with van der Waals surface area (Å²) in [7, 11) is 0.180. The Morgan fingerprint density at radius 1 is 1.83 bits per heavy atom. The predicted molar refractivity (Wildman–Crippen MR) is 29.4 cm³/mol. The SMILES string of the molecule is C[SiH2]CCC#N. The summed E-state index contributed by atoms with van der Waals surface area (Å²) in [5, 5.41) is 7.97. The molecule has 6 heavy (non-hydrogen) atoms. The van der Waals surface area contributed by atoms with Gasteiger partial charge in [0, 0.05) is 15.9 Å². The first-order valence-electron chi connectivity index (χ1n) is 2.28. The van der Waals surface area contributed by atoms with Crippen molar-refractivity contribution >= 4 is 9.52 Å². The van der Waals surface area contributed by atoms with Gasteiger partial charge in [-0.1, -0.05) is 12.6 Å². The molecule has 0 unspecified atom stereocenters. The lowest BCUT2D eigenvalue weighted by atomic mass is 10.6. The third kappa shape index (κ3) is 3.71. The Balaban J connectivity index is 2.54. The first-order valence-corrected chi connectivity index (χ1v) is 4.70. The van der Waals surface area contributed by atoms with Crippen molar-refractivity contribution in [2.75, 3.05) is 0 Å². The van der Waals surface area contributed by atoms with Crippen molar-refractivity contribution < 1.29 is 0 Å². The van der Waals surface area contributed by atoms with Gasteiger partial charge in [-0.2, -0.15) is 5.26 Å². The summed E-state index contributed by atoms with van der Waals surface area (Å²) in [6, 6.07) is 3.29. The molecule has 0 aliphatic heterocycles. The van der Waals surface area contributed by atoms with Crippen LogP contribution >= 0.6 is 0 Å². The van der Waals surface area contributed by atoms with E-state index in [-0.39, 0.29) is 9.52 Å². The lowest BCUT2D eigenvalue weighted by Crippen LogP contribution is -1.75. The van der Waals surface area contributed by atoms with Crippen molar-refractivity contribution in [3.8, 4) is 6.07 Å². The van der Waals surface area contributed by atoms with Crippen molar-refractivity contribution in [3.63, 3.8) is 0 Å². The van der Waals surface area contributed by atoms with Gasteiger partial charge in [-0.25, -0.2) is 0 Å². The average Bonchev–Trinajstić information content (AvgIpc) is 1.61. The number of hydrogen-bond acceptors (Lipinski definition) is 1. The van der Waals surface area contributed by atoms with E-state index in [9.17, 15) is 0 Å². The zero-order valence-corrected chi connectivity index (χ0v) is 5.48. The van der Waals surface area contributed by atoms with Gasteiger partial charge in [-0.15, -0.1) is 0 Å². The fraction of sp³-hybridized carbons (Fsp3) is 0.750. The second kappa shape index (κ2) is 4.71. The fourth-order valence-electron chi connectivity index (χ4n) is 0.256. The molecule has 0 saturated carbocycles. The molecule has 0 atom stereocenters. The van der Waals surface area contributed by atoms with Gasteiger partial charge in [-0.05, 0) is 0 Å². The van der Waals surface area contributed by atoms with Crippen LogP contribution in [-0.4, -0.2) is 9.52 Å². The van der Waals surface area contributed by atoms with E-state index < -0.39 is 0 Å². The molecule has 0 N–H and O–H groups in total. The van der Waals surface area contributed by atoms with E-state index in [1.165, 1.54) is 6.04 Å². The number of rotatable bonds is 2. The van der Waals surface area contributed by atoms with Gasteiger partial charge in [0.15, 0.2) is 0 Å². The molecule has 0 aromatic heterocycles. The van der Waals surface area contributed by atoms with Gasteiger partial charge >= 0.3 is 0 Å². The molecule has 0 fully saturated rings. The summed E-state index contributed by atoms with van der Waals surface area (Å²) in [6.07, 6.45) is 0.780. The maximum absolute atomic E-state index is 7.97. The Bertz CT molecular complexity index is 55.1. The minimum absolute atomic E-state index is 0.180. The molecule has 0 saturated heterocycles. The maximum atomic E-state index is 7.97. The van der Waals surface area contributed by atoms with Crippen LogP contribution in [-0.2, 0) is 0 Å². The summed E-state index contributed by atoms with van der Waals surface area (Å²) in [5.41, 5.74) is 0. The van der Waals surface area contributed by atoms with Crippen LogP contribution in [0, 0.1) is 11.3 Å². The molecule has 0 heterocycles. The Morgan fingerprint density at radius 3 is 2.67 bits per heavy atom. The Hall–Kier alpha value is -0.293. The number of nitrogens with zero attached hydrogens (tertiary/aromatic N) is 1. The molecule has 0 spiro atoms. The molecule has 0 radical (unpaired) electrons. The van der Waals surface area contributed by atoms with Crippen LogP contribution in [0.25, 0.3) is 0 Å². The molecule has 0 aliphatic rings. The van der Waals surface area contributed by atoms with Gasteiger partial charge in [0.05, 0.1) is 6.07 Å². The Labute approximate surface area is 40.8 Å². The van der Waals surface area contributed by atoms with Gasteiger partial charge in [0.2, 0.25) is 0 Å². The highest BCUT2D eigenvalue weighted by Gasteiger charge is 1.75. The van der Waals surface area contributed by atoms with E-state index in [0.717, 1.165) is 6.42 Å². The minimum atomic E-state index is 0.180. The highest BCUT2D eigenvalue weighted by atomic mass is 28.2. The summed E-state index contributed by atoms with van der Waals surface area (Å²) in [6.45, 7) is 2.22. The molecule has 34 valence electrons. The molecule has 0 amide bonds. The van der Waals surface area contributed by atoms with Gasteiger partial charge in [0.1, 0.15) is 0 Å². The fourth-order valence-corrected chi connectivity index (χ4v) is 0.768. The zero-order valence-electron chi connectivity index (χ0n) is 4.07. The Kier molecular flexibility index (Phi) is 4.48. The smallest absolute Gasteiger partial charge is 0.0618 e. The summed E-state index contributed by atoms with van der Waals surface area (Å²) in [5.74, 6) is 0. The highest BCUT2D eigenvalue weighted by Crippen LogP contribution is 1.81. The molecule has 0 aromatic rings. The third-order valence-electron chi connectivity index (χ3n) is 0.642. The predicted octanol–water partition coefficient (Wildman–Crippen LogP) is 0.535. The quantitative estimate of drug-likeness (QED) is 0.366. The topological polar surface area (TPSA) is 23.8 Å². The van der Waals surface area contributed by atoms with Crippen molar-refractivity contribution in [1.82, 2.24) is 0 Å². The van der Waals surface area contributed by atoms with Gasteiger partial charge in [-0.3, -0.25) is 0 Å². The molecule has 0 rings (SSSR count). The summed E-state index contributed by atoms with van der Waals surface area (Å²) < 4.78 is 0. The van der Waals surface area contributed by atoms with Crippen LogP contribution in [0.15, 0.2) is 0 Å². The normalized spacial score (nSPS) is 9.33. The lowest BCUT2D eigenvalue weighted by Gasteiger charge is -1.76. The van der Waals surface area contributed by atoms with Crippen LogP contribution < -0.4 is 0 Å². The van der Waals surface area contributed by atoms with Gasteiger partial charge in [0.25, 0.3) is 0 Å². The van der Waals surface area contributed by atoms with Crippen LogP contribution in [0.4, 0.5) is 0 Å². The maximum Gasteiger partial charge on any atom is 0.0618 e. The van der Waals surface area contributed by atoms with E-state index >= 15 is 0 Å². The molecule has 2 heteroatoms. The second-order valence-electron chi connectivity index (χ2n) is 1.26. The standard InChI is InChI=1S/C4H9NSi/c1-6-4-2-3-5/h2,4,6H2,1H3. The minimum Gasteiger partial charge on any atom is -0.198 e. The van der Waals surface area contributed by atoms with Crippen molar-refractivity contribution in [2.45, 2.75) is 19.0 Å². The van der Waals surface area contributed by atoms with Gasteiger partial charge < -0.3 is 0 Å². The van der Waals surface area contributed by atoms with Crippen molar-refractivity contribution in [2.24, 2.45) is 0 Å². The van der Waals surface area contributed by atoms with E-state index in [2.05, 4.69) is 12.6 Å². The largest absolute Gasteiger partial charge is 0.198 e. The monoisotopic (exact) mass is 99.1 g/mol. The molecule has 0 bridgehead atoms. The number of hydrogen-bond donors (Lipinski definition) is 0. The van der Waals surface area contributed by atoms with Crippen molar-refractivity contribution in [1.29, 1.82) is 5.26 Å². The van der Waals surface area contributed by atoms with Crippen LogP contribution in [0.5, 0.6) is 0 Å². The second-order valence-corrected chi connectivity index (χ2v) is 2.97. The summed E-state index contributed by atoms with van der Waals surface area (Å²) >= 11 is 0. The molecule has 1 nitrogen and oxygen atoms in total. The van der Waals surface area contributed by atoms with E-state index in [1.54, 1.807) is 0 Å².